The van der Waals surface area contributed by atoms with Crippen molar-refractivity contribution in [3.8, 4) is 5.75 Å². The number of carbonyl (C=O) groups excluding carboxylic acids is 1. The molecule has 1 aromatic carbocycles. The topological polar surface area (TPSA) is 73.2 Å². The number of hydrogen-bond acceptors (Lipinski definition) is 6. The van der Waals surface area contributed by atoms with Crippen LogP contribution in [0.4, 0.5) is 0 Å². The van der Waals surface area contributed by atoms with Gasteiger partial charge >= 0.3 is 0 Å². The van der Waals surface area contributed by atoms with Gasteiger partial charge in [-0.15, -0.1) is 23.1 Å². The zero-order valence-electron chi connectivity index (χ0n) is 17.7. The molecule has 8 heteroatoms. The van der Waals surface area contributed by atoms with Crippen molar-refractivity contribution < 1.29 is 9.53 Å². The van der Waals surface area contributed by atoms with Crippen LogP contribution in [0.5, 0.6) is 5.75 Å². The van der Waals surface area contributed by atoms with Crippen molar-refractivity contribution >= 4 is 39.2 Å². The summed E-state index contributed by atoms with van der Waals surface area (Å²) in [6, 6.07) is 7.92. The van der Waals surface area contributed by atoms with Crippen LogP contribution < -0.4 is 15.6 Å². The molecule has 3 rings (SSSR count). The van der Waals surface area contributed by atoms with Gasteiger partial charge in [0.2, 0.25) is 5.91 Å². The van der Waals surface area contributed by atoms with Gasteiger partial charge in [-0.25, -0.2) is 4.98 Å². The first-order valence-electron chi connectivity index (χ1n) is 9.88. The van der Waals surface area contributed by atoms with Crippen LogP contribution in [-0.2, 0) is 11.3 Å². The number of methoxy groups -OCH3 is 1. The van der Waals surface area contributed by atoms with Crippen LogP contribution >= 0.6 is 23.1 Å². The molecule has 0 fully saturated rings. The lowest BCUT2D eigenvalue weighted by atomic mass is 10.2. The van der Waals surface area contributed by atoms with Gasteiger partial charge in [0, 0.05) is 35.0 Å². The Morgan fingerprint density at radius 3 is 2.87 bits per heavy atom. The quantitative estimate of drug-likeness (QED) is 0.504. The Morgan fingerprint density at radius 2 is 2.10 bits per heavy atom. The fourth-order valence-corrected chi connectivity index (χ4v) is 5.09. The number of amides is 1. The highest BCUT2D eigenvalue weighted by Gasteiger charge is 2.13. The van der Waals surface area contributed by atoms with Crippen LogP contribution in [0.25, 0.3) is 10.2 Å². The SMILES string of the molecule is COc1ccccc1SCC(C)CNC(=O)CCn1cnc2sc(C)c(C)c2c1=O. The summed E-state index contributed by atoms with van der Waals surface area (Å²) in [6.07, 6.45) is 1.79. The molecule has 160 valence electrons. The number of carbonyl (C=O) groups is 1. The average Bonchev–Trinajstić information content (AvgIpc) is 3.04. The number of nitrogens with zero attached hydrogens (tertiary/aromatic N) is 2. The molecule has 3 aromatic rings. The molecule has 0 radical (unpaired) electrons. The second-order valence-electron chi connectivity index (χ2n) is 7.33. The number of aromatic nitrogens is 2. The molecule has 0 aliphatic rings. The van der Waals surface area contributed by atoms with Gasteiger partial charge in [-0.2, -0.15) is 0 Å². The van der Waals surface area contributed by atoms with Crippen LogP contribution in [0.1, 0.15) is 23.8 Å². The molecule has 0 saturated carbocycles. The summed E-state index contributed by atoms with van der Waals surface area (Å²) in [5.41, 5.74) is 0.906. The predicted molar refractivity (Wildman–Crippen MR) is 124 cm³/mol. The van der Waals surface area contributed by atoms with Gasteiger partial charge in [0.1, 0.15) is 10.6 Å². The molecule has 0 spiro atoms. The Bertz CT molecular complexity index is 1090. The third kappa shape index (κ3) is 5.23. The van der Waals surface area contributed by atoms with Gasteiger partial charge in [0.25, 0.3) is 5.56 Å². The minimum absolute atomic E-state index is 0.0608. The minimum atomic E-state index is -0.0729. The zero-order valence-corrected chi connectivity index (χ0v) is 19.4. The third-order valence-corrected chi connectivity index (χ3v) is 7.47. The molecule has 30 heavy (non-hydrogen) atoms. The number of nitrogens with one attached hydrogen (secondary N) is 1. The fraction of sp³-hybridized carbons (Fsp3) is 0.409. The van der Waals surface area contributed by atoms with Gasteiger partial charge < -0.3 is 10.1 Å². The zero-order chi connectivity index (χ0) is 21.7. The number of thiophene rings is 1. The summed E-state index contributed by atoms with van der Waals surface area (Å²) in [7, 11) is 1.67. The van der Waals surface area contributed by atoms with Gasteiger partial charge in [-0.1, -0.05) is 19.1 Å². The molecule has 0 aliphatic heterocycles. The van der Waals surface area contributed by atoms with E-state index in [4.69, 9.17) is 4.74 Å². The van der Waals surface area contributed by atoms with Crippen molar-refractivity contribution in [2.24, 2.45) is 5.92 Å². The molecule has 2 heterocycles. The van der Waals surface area contributed by atoms with Crippen molar-refractivity contribution in [2.75, 3.05) is 19.4 Å². The first-order chi connectivity index (χ1) is 14.4. The largest absolute Gasteiger partial charge is 0.496 e. The summed E-state index contributed by atoms with van der Waals surface area (Å²) in [6.45, 7) is 6.96. The second-order valence-corrected chi connectivity index (χ2v) is 9.59. The maximum absolute atomic E-state index is 12.7. The van der Waals surface area contributed by atoms with Gasteiger partial charge in [0.15, 0.2) is 0 Å². The van der Waals surface area contributed by atoms with Crippen LogP contribution in [0.2, 0.25) is 0 Å². The number of rotatable bonds is 9. The maximum Gasteiger partial charge on any atom is 0.262 e. The molecule has 2 aromatic heterocycles. The Balaban J connectivity index is 1.48. The number of ether oxygens (including phenoxy) is 1. The van der Waals surface area contributed by atoms with Gasteiger partial charge in [-0.05, 0) is 37.5 Å². The molecule has 0 bridgehead atoms. The van der Waals surface area contributed by atoms with E-state index in [9.17, 15) is 9.59 Å². The van der Waals surface area contributed by atoms with Crippen LogP contribution in [0, 0.1) is 19.8 Å². The maximum atomic E-state index is 12.7. The van der Waals surface area contributed by atoms with E-state index in [1.165, 1.54) is 15.9 Å². The van der Waals surface area contributed by atoms with Gasteiger partial charge in [0.05, 0.1) is 18.8 Å². The molecule has 6 nitrogen and oxygen atoms in total. The molecule has 0 saturated heterocycles. The van der Waals surface area contributed by atoms with E-state index in [1.807, 2.05) is 38.1 Å². The van der Waals surface area contributed by atoms with E-state index in [0.717, 1.165) is 31.7 Å². The van der Waals surface area contributed by atoms with Crippen molar-refractivity contribution in [3.05, 3.63) is 51.4 Å². The second kappa shape index (κ2) is 10.1. The standard InChI is InChI=1S/C22H27N3O3S2/c1-14(12-29-18-8-6-5-7-17(18)28-4)11-23-19(26)9-10-25-13-24-21-20(22(25)27)15(2)16(3)30-21/h5-8,13-14H,9-12H2,1-4H3,(H,23,26). The predicted octanol–water partition coefficient (Wildman–Crippen LogP) is 4.02. The lowest BCUT2D eigenvalue weighted by Crippen LogP contribution is -2.31. The highest BCUT2D eigenvalue weighted by atomic mass is 32.2. The van der Waals surface area contributed by atoms with E-state index < -0.39 is 0 Å². The highest BCUT2D eigenvalue weighted by molar-refractivity contribution is 7.99. The molecule has 1 N–H and O–H groups in total. The third-order valence-electron chi connectivity index (χ3n) is 4.98. The van der Waals surface area contributed by atoms with Gasteiger partial charge in [-0.3, -0.25) is 14.2 Å². The summed E-state index contributed by atoms with van der Waals surface area (Å²) in [4.78, 5) is 32.3. The first kappa shape index (κ1) is 22.4. The molecule has 1 amide bonds. The summed E-state index contributed by atoms with van der Waals surface area (Å²) >= 11 is 3.25. The minimum Gasteiger partial charge on any atom is -0.496 e. The van der Waals surface area contributed by atoms with Crippen molar-refractivity contribution in [2.45, 2.75) is 38.6 Å². The monoisotopic (exact) mass is 445 g/mol. The van der Waals surface area contributed by atoms with E-state index in [1.54, 1.807) is 25.2 Å². The Hall–Kier alpha value is -2.32. The normalized spacial score (nSPS) is 12.1. The summed E-state index contributed by atoms with van der Waals surface area (Å²) in [5, 5.41) is 3.64. The number of thioether (sulfide) groups is 1. The van der Waals surface area contributed by atoms with Crippen LogP contribution in [0.15, 0.2) is 40.3 Å². The summed E-state index contributed by atoms with van der Waals surface area (Å²) in [5.74, 6) is 1.98. The van der Waals surface area contributed by atoms with E-state index >= 15 is 0 Å². The average molecular weight is 446 g/mol. The number of aryl methyl sites for hydroxylation is 3. The molecular weight excluding hydrogens is 418 g/mol. The Morgan fingerprint density at radius 1 is 1.33 bits per heavy atom. The molecule has 0 aliphatic carbocycles. The van der Waals surface area contributed by atoms with Crippen LogP contribution in [0.3, 0.4) is 0 Å². The number of benzene rings is 1. The van der Waals surface area contributed by atoms with E-state index in [2.05, 4.69) is 17.2 Å². The number of hydrogen-bond donors (Lipinski definition) is 1. The molecule has 1 unspecified atom stereocenters. The molecular formula is C22H27N3O3S2. The van der Waals surface area contributed by atoms with Crippen molar-refractivity contribution in [1.29, 1.82) is 0 Å². The fourth-order valence-electron chi connectivity index (χ4n) is 3.06. The first-order valence-corrected chi connectivity index (χ1v) is 11.7. The number of para-hydroxylation sites is 1. The molecule has 1 atom stereocenters. The smallest absolute Gasteiger partial charge is 0.262 e. The van der Waals surface area contributed by atoms with Crippen molar-refractivity contribution in [1.82, 2.24) is 14.9 Å². The van der Waals surface area contributed by atoms with Crippen molar-refractivity contribution in [3.63, 3.8) is 0 Å². The van der Waals surface area contributed by atoms with E-state index in [0.29, 0.717) is 24.4 Å². The number of fused-ring (bicyclic) bond motifs is 1. The highest BCUT2D eigenvalue weighted by Crippen LogP contribution is 2.30. The lowest BCUT2D eigenvalue weighted by Gasteiger charge is -2.14. The Labute approximate surface area is 184 Å². The Kier molecular flexibility index (Phi) is 7.55. The van der Waals surface area contributed by atoms with E-state index in [-0.39, 0.29) is 17.9 Å². The summed E-state index contributed by atoms with van der Waals surface area (Å²) < 4.78 is 6.90. The van der Waals surface area contributed by atoms with Crippen LogP contribution in [-0.4, -0.2) is 34.9 Å². The lowest BCUT2D eigenvalue weighted by molar-refractivity contribution is -0.121.